The maximum atomic E-state index is 12.0. The molecule has 1 fully saturated rings. The highest BCUT2D eigenvalue weighted by Crippen LogP contribution is 2.19. The van der Waals surface area contributed by atoms with Gasteiger partial charge < -0.3 is 15.3 Å². The predicted molar refractivity (Wildman–Crippen MR) is 71.9 cm³/mol. The van der Waals surface area contributed by atoms with E-state index < -0.39 is 11.8 Å². The van der Waals surface area contributed by atoms with E-state index in [4.69, 9.17) is 0 Å². The van der Waals surface area contributed by atoms with Crippen molar-refractivity contribution in [1.29, 1.82) is 0 Å². The molecular weight excluding hydrogens is 244 g/mol. The molecule has 0 heterocycles. The van der Waals surface area contributed by atoms with Crippen LogP contribution < -0.4 is 10.2 Å². The lowest BCUT2D eigenvalue weighted by molar-refractivity contribution is -0.137. The summed E-state index contributed by atoms with van der Waals surface area (Å²) in [6.07, 6.45) is 4.10. The topological polar surface area (TPSA) is 69.6 Å². The van der Waals surface area contributed by atoms with Crippen LogP contribution in [0.5, 0.6) is 5.75 Å². The van der Waals surface area contributed by atoms with Gasteiger partial charge in [0.2, 0.25) is 0 Å². The Labute approximate surface area is 112 Å². The van der Waals surface area contributed by atoms with Crippen LogP contribution in [0.4, 0.5) is 5.69 Å². The van der Waals surface area contributed by atoms with E-state index in [2.05, 4.69) is 5.32 Å². The summed E-state index contributed by atoms with van der Waals surface area (Å²) >= 11 is 0. The number of rotatable bonds is 2. The van der Waals surface area contributed by atoms with Crippen LogP contribution in [0, 0.1) is 0 Å². The third kappa shape index (κ3) is 3.24. The van der Waals surface area contributed by atoms with Gasteiger partial charge in [0.1, 0.15) is 5.75 Å². The van der Waals surface area contributed by atoms with E-state index in [9.17, 15) is 14.7 Å². The Kier molecular flexibility index (Phi) is 4.04. The zero-order valence-electron chi connectivity index (χ0n) is 10.9. The molecule has 1 aliphatic carbocycles. The Morgan fingerprint density at radius 3 is 2.37 bits per heavy atom. The molecule has 19 heavy (non-hydrogen) atoms. The van der Waals surface area contributed by atoms with E-state index in [0.29, 0.717) is 5.69 Å². The molecule has 102 valence electrons. The average Bonchev–Trinajstić information content (AvgIpc) is 2.90. The number of amides is 2. The Morgan fingerprint density at radius 1 is 1.21 bits per heavy atom. The van der Waals surface area contributed by atoms with Gasteiger partial charge in [-0.2, -0.15) is 0 Å². The molecule has 2 rings (SSSR count). The molecule has 0 atom stereocenters. The van der Waals surface area contributed by atoms with Crippen LogP contribution in [-0.2, 0) is 9.59 Å². The van der Waals surface area contributed by atoms with Gasteiger partial charge >= 0.3 is 11.8 Å². The van der Waals surface area contributed by atoms with Crippen LogP contribution in [0.2, 0.25) is 0 Å². The summed E-state index contributed by atoms with van der Waals surface area (Å²) in [4.78, 5) is 25.1. The first kappa shape index (κ1) is 13.4. The van der Waals surface area contributed by atoms with Crippen molar-refractivity contribution >= 4 is 17.5 Å². The smallest absolute Gasteiger partial charge is 0.316 e. The second-order valence-corrected chi connectivity index (χ2v) is 4.84. The predicted octanol–water partition coefficient (Wildman–Crippen LogP) is 1.41. The maximum absolute atomic E-state index is 12.0. The fourth-order valence-electron chi connectivity index (χ4n) is 2.26. The number of likely N-dealkylation sites (N-methyl/N-ethyl adjacent to an activating group) is 1. The summed E-state index contributed by atoms with van der Waals surface area (Å²) in [7, 11) is 1.54. The lowest BCUT2D eigenvalue weighted by Gasteiger charge is -2.18. The van der Waals surface area contributed by atoms with E-state index in [1.54, 1.807) is 19.2 Å². The zero-order chi connectivity index (χ0) is 13.8. The van der Waals surface area contributed by atoms with Gasteiger partial charge in [0, 0.05) is 18.8 Å². The van der Waals surface area contributed by atoms with Gasteiger partial charge in [-0.05, 0) is 37.1 Å². The molecule has 0 saturated heterocycles. The fourth-order valence-corrected chi connectivity index (χ4v) is 2.26. The molecule has 0 aromatic heterocycles. The summed E-state index contributed by atoms with van der Waals surface area (Å²) in [6.45, 7) is 0. The normalized spacial score (nSPS) is 15.2. The summed E-state index contributed by atoms with van der Waals surface area (Å²) < 4.78 is 0. The monoisotopic (exact) mass is 262 g/mol. The van der Waals surface area contributed by atoms with E-state index >= 15 is 0 Å². The minimum absolute atomic E-state index is 0.125. The quantitative estimate of drug-likeness (QED) is 0.792. The highest BCUT2D eigenvalue weighted by atomic mass is 16.3. The summed E-state index contributed by atoms with van der Waals surface area (Å²) in [5, 5.41) is 12.0. The van der Waals surface area contributed by atoms with Gasteiger partial charge in [0.05, 0.1) is 0 Å². The number of nitrogens with one attached hydrogen (secondary N) is 1. The minimum Gasteiger partial charge on any atom is -0.508 e. The zero-order valence-corrected chi connectivity index (χ0v) is 10.9. The average molecular weight is 262 g/mol. The molecule has 0 spiro atoms. The van der Waals surface area contributed by atoms with Crippen LogP contribution in [0.15, 0.2) is 24.3 Å². The summed E-state index contributed by atoms with van der Waals surface area (Å²) in [6, 6.07) is 6.28. The van der Waals surface area contributed by atoms with E-state index in [0.717, 1.165) is 25.7 Å². The molecule has 0 radical (unpaired) electrons. The molecule has 5 heteroatoms. The fraction of sp³-hybridized carbons (Fsp3) is 0.429. The number of hydrogen-bond acceptors (Lipinski definition) is 3. The van der Waals surface area contributed by atoms with Crippen molar-refractivity contribution in [2.24, 2.45) is 0 Å². The largest absolute Gasteiger partial charge is 0.508 e. The van der Waals surface area contributed by atoms with Gasteiger partial charge in [0.15, 0.2) is 0 Å². The number of hydrogen-bond donors (Lipinski definition) is 2. The first-order chi connectivity index (χ1) is 9.08. The van der Waals surface area contributed by atoms with Crippen LogP contribution >= 0.6 is 0 Å². The van der Waals surface area contributed by atoms with Gasteiger partial charge in [0.25, 0.3) is 0 Å². The third-order valence-electron chi connectivity index (χ3n) is 3.43. The maximum Gasteiger partial charge on any atom is 0.316 e. The van der Waals surface area contributed by atoms with Crippen molar-refractivity contribution in [3.8, 4) is 5.75 Å². The third-order valence-corrected chi connectivity index (χ3v) is 3.43. The highest BCUT2D eigenvalue weighted by Gasteiger charge is 2.24. The van der Waals surface area contributed by atoms with E-state index in [-0.39, 0.29) is 11.8 Å². The number of phenolic OH excluding ortho intramolecular Hbond substituents is 1. The second-order valence-electron chi connectivity index (χ2n) is 4.84. The van der Waals surface area contributed by atoms with Crippen molar-refractivity contribution in [3.63, 3.8) is 0 Å². The van der Waals surface area contributed by atoms with Gasteiger partial charge in [-0.15, -0.1) is 0 Å². The number of carbonyl (C=O) groups is 2. The number of phenols is 1. The van der Waals surface area contributed by atoms with Crippen molar-refractivity contribution in [2.75, 3.05) is 11.9 Å². The van der Waals surface area contributed by atoms with E-state index in [1.807, 2.05) is 0 Å². The molecule has 1 aliphatic rings. The molecule has 0 aliphatic heterocycles. The van der Waals surface area contributed by atoms with Crippen molar-refractivity contribution in [1.82, 2.24) is 5.32 Å². The Hall–Kier alpha value is -2.04. The number of nitrogens with zero attached hydrogens (tertiary/aromatic N) is 1. The lowest BCUT2D eigenvalue weighted by atomic mass is 10.2. The molecule has 1 aromatic rings. The molecule has 1 saturated carbocycles. The first-order valence-corrected chi connectivity index (χ1v) is 6.45. The number of anilines is 1. The summed E-state index contributed by atoms with van der Waals surface area (Å²) in [5.41, 5.74) is 0.573. The highest BCUT2D eigenvalue weighted by molar-refractivity contribution is 6.40. The number of aromatic hydroxyl groups is 1. The molecule has 0 bridgehead atoms. The van der Waals surface area contributed by atoms with Crippen molar-refractivity contribution in [3.05, 3.63) is 24.3 Å². The van der Waals surface area contributed by atoms with Gasteiger partial charge in [-0.25, -0.2) is 0 Å². The SMILES string of the molecule is CN(C(=O)C(=O)NC1CCCC1)c1ccc(O)cc1. The molecule has 5 nitrogen and oxygen atoms in total. The van der Waals surface area contributed by atoms with Gasteiger partial charge in [-0.1, -0.05) is 12.8 Å². The first-order valence-electron chi connectivity index (χ1n) is 6.45. The van der Waals surface area contributed by atoms with Crippen LogP contribution in [0.3, 0.4) is 0 Å². The van der Waals surface area contributed by atoms with Crippen molar-refractivity contribution < 1.29 is 14.7 Å². The molecule has 2 N–H and O–H groups in total. The molecule has 0 unspecified atom stereocenters. The number of benzene rings is 1. The molecular formula is C14H18N2O3. The lowest BCUT2D eigenvalue weighted by Crippen LogP contribution is -2.44. The Morgan fingerprint density at radius 2 is 1.79 bits per heavy atom. The Bertz CT molecular complexity index is 464. The van der Waals surface area contributed by atoms with Crippen LogP contribution in [0.25, 0.3) is 0 Å². The van der Waals surface area contributed by atoms with Crippen molar-refractivity contribution in [2.45, 2.75) is 31.7 Å². The molecule has 1 aromatic carbocycles. The number of carbonyl (C=O) groups excluding carboxylic acids is 2. The van der Waals surface area contributed by atoms with E-state index in [1.165, 1.54) is 17.0 Å². The van der Waals surface area contributed by atoms with Gasteiger partial charge in [-0.3, -0.25) is 9.59 Å². The standard InChI is InChI=1S/C14H18N2O3/c1-16(11-6-8-12(17)9-7-11)14(19)13(18)15-10-4-2-3-5-10/h6-10,17H,2-5H2,1H3,(H,15,18). The second kappa shape index (κ2) is 5.73. The summed E-state index contributed by atoms with van der Waals surface area (Å²) in [5.74, 6) is -1.03. The Balaban J connectivity index is 1.97. The van der Waals surface area contributed by atoms with Crippen LogP contribution in [-0.4, -0.2) is 30.0 Å². The molecule has 2 amide bonds. The van der Waals surface area contributed by atoms with Crippen LogP contribution in [0.1, 0.15) is 25.7 Å². The minimum atomic E-state index is -0.586.